The molecule has 0 amide bonds. The fourth-order valence-corrected chi connectivity index (χ4v) is 2.38. The Balaban J connectivity index is 2.11. The smallest absolute Gasteiger partial charge is 0.202 e. The molecule has 0 bridgehead atoms. The molecule has 0 atom stereocenters. The number of hydrogen-bond donors (Lipinski definition) is 1. The second-order valence-corrected chi connectivity index (χ2v) is 5.06. The first-order valence-electron chi connectivity index (χ1n) is 5.90. The topological polar surface area (TPSA) is 47.0 Å². The van der Waals surface area contributed by atoms with Gasteiger partial charge in [0, 0.05) is 29.6 Å². The van der Waals surface area contributed by atoms with E-state index in [0.717, 1.165) is 22.3 Å². The molecule has 0 fully saturated rings. The standard InChI is InChI=1S/C13H17N3OS/c1-9(2)14-13-15-12(16-18-13)8-10-6-4-5-7-11(10)17-3/h4-7,9H,8H2,1-3H3,(H,14,15,16). The third-order valence-electron chi connectivity index (χ3n) is 2.42. The minimum atomic E-state index is 0.372. The van der Waals surface area contributed by atoms with Crippen LogP contribution in [0.3, 0.4) is 0 Å². The maximum absolute atomic E-state index is 5.32. The van der Waals surface area contributed by atoms with Gasteiger partial charge in [-0.1, -0.05) is 18.2 Å². The predicted octanol–water partition coefficient (Wildman–Crippen LogP) is 2.96. The summed E-state index contributed by atoms with van der Waals surface area (Å²) in [6, 6.07) is 8.32. The van der Waals surface area contributed by atoms with Crippen LogP contribution in [0.4, 0.5) is 5.13 Å². The number of anilines is 1. The molecule has 96 valence electrons. The normalized spacial score (nSPS) is 10.7. The summed E-state index contributed by atoms with van der Waals surface area (Å²) in [6.45, 7) is 4.17. The first-order chi connectivity index (χ1) is 8.69. The lowest BCUT2D eigenvalue weighted by Gasteiger charge is -2.06. The van der Waals surface area contributed by atoms with Gasteiger partial charge >= 0.3 is 0 Å². The fraction of sp³-hybridized carbons (Fsp3) is 0.385. The Morgan fingerprint density at radius 3 is 2.83 bits per heavy atom. The number of nitrogens with one attached hydrogen (secondary N) is 1. The molecular weight excluding hydrogens is 246 g/mol. The number of ether oxygens (including phenoxy) is 1. The van der Waals surface area contributed by atoms with Crippen molar-refractivity contribution in [1.29, 1.82) is 0 Å². The maximum atomic E-state index is 5.32. The molecule has 0 aliphatic carbocycles. The zero-order valence-corrected chi connectivity index (χ0v) is 11.6. The summed E-state index contributed by atoms with van der Waals surface area (Å²) in [6.07, 6.45) is 0.695. The van der Waals surface area contributed by atoms with Gasteiger partial charge in [0.05, 0.1) is 7.11 Å². The summed E-state index contributed by atoms with van der Waals surface area (Å²) in [5.41, 5.74) is 1.11. The number of nitrogens with zero attached hydrogens (tertiary/aromatic N) is 2. The van der Waals surface area contributed by atoms with Gasteiger partial charge in [-0.2, -0.15) is 4.37 Å². The van der Waals surface area contributed by atoms with E-state index in [2.05, 4.69) is 28.5 Å². The first-order valence-corrected chi connectivity index (χ1v) is 6.67. The quantitative estimate of drug-likeness (QED) is 0.901. The van der Waals surface area contributed by atoms with Crippen LogP contribution in [0.1, 0.15) is 25.2 Å². The lowest BCUT2D eigenvalue weighted by Crippen LogP contribution is -2.09. The minimum Gasteiger partial charge on any atom is -0.496 e. The summed E-state index contributed by atoms with van der Waals surface area (Å²) >= 11 is 1.40. The molecule has 0 saturated heterocycles. The predicted molar refractivity (Wildman–Crippen MR) is 74.5 cm³/mol. The van der Waals surface area contributed by atoms with Crippen LogP contribution >= 0.6 is 11.5 Å². The van der Waals surface area contributed by atoms with Crippen molar-refractivity contribution in [2.75, 3.05) is 12.4 Å². The third-order valence-corrected chi connectivity index (χ3v) is 3.11. The molecule has 0 aliphatic heterocycles. The SMILES string of the molecule is COc1ccccc1Cc1nsc(NC(C)C)n1. The van der Waals surface area contributed by atoms with Crippen LogP contribution in [0.5, 0.6) is 5.75 Å². The molecule has 4 nitrogen and oxygen atoms in total. The average Bonchev–Trinajstić information content (AvgIpc) is 2.76. The van der Waals surface area contributed by atoms with Gasteiger partial charge in [-0.25, -0.2) is 4.98 Å². The van der Waals surface area contributed by atoms with Gasteiger partial charge in [0.25, 0.3) is 0 Å². The van der Waals surface area contributed by atoms with E-state index < -0.39 is 0 Å². The third kappa shape index (κ3) is 3.20. The van der Waals surface area contributed by atoms with E-state index in [1.165, 1.54) is 11.5 Å². The maximum Gasteiger partial charge on any atom is 0.202 e. The van der Waals surface area contributed by atoms with Crippen LogP contribution in [0.2, 0.25) is 0 Å². The van der Waals surface area contributed by atoms with E-state index in [0.29, 0.717) is 12.5 Å². The van der Waals surface area contributed by atoms with Crippen molar-refractivity contribution in [3.05, 3.63) is 35.7 Å². The summed E-state index contributed by atoms with van der Waals surface area (Å²) in [7, 11) is 1.68. The molecule has 1 aromatic heterocycles. The van der Waals surface area contributed by atoms with Crippen LogP contribution < -0.4 is 10.1 Å². The molecule has 2 rings (SSSR count). The Morgan fingerprint density at radius 1 is 1.33 bits per heavy atom. The van der Waals surface area contributed by atoms with Crippen molar-refractivity contribution < 1.29 is 4.74 Å². The molecule has 5 heteroatoms. The van der Waals surface area contributed by atoms with Gasteiger partial charge in [-0.15, -0.1) is 0 Å². The minimum absolute atomic E-state index is 0.372. The Bertz CT molecular complexity index is 510. The summed E-state index contributed by atoms with van der Waals surface area (Å²) < 4.78 is 9.67. The van der Waals surface area contributed by atoms with Gasteiger partial charge in [0.1, 0.15) is 11.6 Å². The van der Waals surface area contributed by atoms with Crippen molar-refractivity contribution in [1.82, 2.24) is 9.36 Å². The van der Waals surface area contributed by atoms with E-state index >= 15 is 0 Å². The average molecular weight is 263 g/mol. The molecule has 2 aromatic rings. The first kappa shape index (κ1) is 12.8. The van der Waals surface area contributed by atoms with Crippen molar-refractivity contribution >= 4 is 16.7 Å². The highest BCUT2D eigenvalue weighted by atomic mass is 32.1. The summed E-state index contributed by atoms with van der Waals surface area (Å²) in [5.74, 6) is 1.71. The number of para-hydroxylation sites is 1. The van der Waals surface area contributed by atoms with Crippen LogP contribution in [0, 0.1) is 0 Å². The van der Waals surface area contributed by atoms with Crippen molar-refractivity contribution in [2.45, 2.75) is 26.3 Å². The molecule has 0 unspecified atom stereocenters. The van der Waals surface area contributed by atoms with Crippen LogP contribution in [0.15, 0.2) is 24.3 Å². The monoisotopic (exact) mass is 263 g/mol. The molecule has 0 saturated carbocycles. The van der Waals surface area contributed by atoms with Gasteiger partial charge in [0.15, 0.2) is 0 Å². The number of hydrogen-bond acceptors (Lipinski definition) is 5. The van der Waals surface area contributed by atoms with E-state index in [1.54, 1.807) is 7.11 Å². The molecule has 0 aliphatic rings. The van der Waals surface area contributed by atoms with Crippen LogP contribution in [-0.2, 0) is 6.42 Å². The Morgan fingerprint density at radius 2 is 2.11 bits per heavy atom. The van der Waals surface area contributed by atoms with Crippen molar-refractivity contribution in [2.24, 2.45) is 0 Å². The zero-order valence-electron chi connectivity index (χ0n) is 10.8. The van der Waals surface area contributed by atoms with E-state index in [4.69, 9.17) is 4.74 Å². The molecule has 0 spiro atoms. The Labute approximate surface area is 111 Å². The highest BCUT2D eigenvalue weighted by Gasteiger charge is 2.08. The number of benzene rings is 1. The fourth-order valence-electron chi connectivity index (χ4n) is 1.65. The van der Waals surface area contributed by atoms with E-state index in [-0.39, 0.29) is 0 Å². The van der Waals surface area contributed by atoms with Crippen LogP contribution in [-0.4, -0.2) is 22.5 Å². The zero-order chi connectivity index (χ0) is 13.0. The molecule has 1 N–H and O–H groups in total. The van der Waals surface area contributed by atoms with Gasteiger partial charge in [-0.05, 0) is 19.9 Å². The molecule has 1 aromatic carbocycles. The highest BCUT2D eigenvalue weighted by Crippen LogP contribution is 2.21. The Hall–Kier alpha value is -1.62. The molecule has 0 radical (unpaired) electrons. The summed E-state index contributed by atoms with van der Waals surface area (Å²) in [5, 5.41) is 4.12. The number of aromatic nitrogens is 2. The molecule has 1 heterocycles. The second kappa shape index (κ2) is 5.82. The highest BCUT2D eigenvalue weighted by molar-refractivity contribution is 7.09. The molecular formula is C13H17N3OS. The number of methoxy groups -OCH3 is 1. The van der Waals surface area contributed by atoms with E-state index in [9.17, 15) is 0 Å². The second-order valence-electron chi connectivity index (χ2n) is 4.30. The Kier molecular flexibility index (Phi) is 4.15. The van der Waals surface area contributed by atoms with Gasteiger partial charge < -0.3 is 10.1 Å². The van der Waals surface area contributed by atoms with Gasteiger partial charge in [-0.3, -0.25) is 0 Å². The van der Waals surface area contributed by atoms with Gasteiger partial charge in [0.2, 0.25) is 5.13 Å². The lowest BCUT2D eigenvalue weighted by atomic mass is 10.1. The van der Waals surface area contributed by atoms with E-state index in [1.807, 2.05) is 24.3 Å². The van der Waals surface area contributed by atoms with Crippen LogP contribution in [0.25, 0.3) is 0 Å². The van der Waals surface area contributed by atoms with Crippen molar-refractivity contribution in [3.8, 4) is 5.75 Å². The lowest BCUT2D eigenvalue weighted by molar-refractivity contribution is 0.410. The summed E-state index contributed by atoms with van der Waals surface area (Å²) in [4.78, 5) is 4.46. The number of rotatable bonds is 5. The van der Waals surface area contributed by atoms with Crippen molar-refractivity contribution in [3.63, 3.8) is 0 Å². The molecule has 18 heavy (non-hydrogen) atoms. The largest absolute Gasteiger partial charge is 0.496 e.